The third-order valence-corrected chi connectivity index (χ3v) is 10.3. The van der Waals surface area contributed by atoms with Crippen LogP contribution in [0.2, 0.25) is 0 Å². The van der Waals surface area contributed by atoms with Crippen LogP contribution in [0.1, 0.15) is 127 Å². The molecule has 0 atom stereocenters. The number of unbranched alkanes of at least 4 members (excludes halogenated alkanes) is 9. The quantitative estimate of drug-likeness (QED) is 0.0677. The lowest BCUT2D eigenvalue weighted by Gasteiger charge is -2.33. The molecule has 0 fully saturated rings. The van der Waals surface area contributed by atoms with Crippen LogP contribution in [-0.4, -0.2) is 15.6 Å². The molecule has 0 aliphatic heterocycles. The molecule has 4 nitrogen and oxygen atoms in total. The van der Waals surface area contributed by atoms with Crippen LogP contribution in [0.5, 0.6) is 0 Å². The summed E-state index contributed by atoms with van der Waals surface area (Å²) in [6, 6.07) is 26.0. The summed E-state index contributed by atoms with van der Waals surface area (Å²) in [5.41, 5.74) is 10.0. The van der Waals surface area contributed by atoms with Crippen LogP contribution in [0.3, 0.4) is 0 Å². The van der Waals surface area contributed by atoms with E-state index >= 15 is 0 Å². The van der Waals surface area contributed by atoms with Gasteiger partial charge in [0.05, 0.1) is 5.69 Å². The predicted octanol–water partition coefficient (Wildman–Crippen LogP) is 12.1. The fraction of sp³-hybridized carbons (Fsp3) is 0.442. The van der Waals surface area contributed by atoms with E-state index in [2.05, 4.69) is 67.8 Å². The van der Waals surface area contributed by atoms with Gasteiger partial charge in [0.1, 0.15) is 11.6 Å². The Kier molecular flexibility index (Phi) is 11.8. The molecule has 47 heavy (non-hydrogen) atoms. The normalized spacial score (nSPS) is 13.4. The second-order valence-electron chi connectivity index (χ2n) is 13.5. The van der Waals surface area contributed by atoms with Gasteiger partial charge in [0.15, 0.2) is 0 Å². The van der Waals surface area contributed by atoms with E-state index in [1.807, 2.05) is 24.3 Å². The molecule has 0 radical (unpaired) electrons. The number of fused-ring (bicyclic) bond motifs is 5. The third-order valence-electron chi connectivity index (χ3n) is 10.3. The highest BCUT2D eigenvalue weighted by Crippen LogP contribution is 2.57. The number of aromatic nitrogens is 1. The standard InChI is InChI=1S/C43H52N2O2/c1-4-7-10-15-26-43(27-16-11-8-5-2)38-19-14-13-18-36(38)41-40(43)37-30-34(24-25-39(37)45(41)28-17-12-9-6-3)33-22-20-32(21-23-33)29-35(31-44)42(46)47/h13-14,18-25,29-30H,4-12,15-17,26-28H2,1-3H3,(H,46,47)/b35-29-. The summed E-state index contributed by atoms with van der Waals surface area (Å²) < 4.78 is 2.66. The summed E-state index contributed by atoms with van der Waals surface area (Å²) in [6.45, 7) is 7.92. The van der Waals surface area contributed by atoms with Crippen molar-refractivity contribution in [1.29, 1.82) is 5.26 Å². The molecule has 0 bridgehead atoms. The first kappa shape index (κ1) is 34.2. The molecular weight excluding hydrogens is 576 g/mol. The Bertz CT molecular complexity index is 1720. The van der Waals surface area contributed by atoms with Crippen LogP contribution in [0.25, 0.3) is 39.4 Å². The maximum Gasteiger partial charge on any atom is 0.346 e. The van der Waals surface area contributed by atoms with Crippen molar-refractivity contribution in [3.05, 3.63) is 89.0 Å². The molecule has 0 amide bonds. The molecule has 5 rings (SSSR count). The summed E-state index contributed by atoms with van der Waals surface area (Å²) in [5.74, 6) is -1.20. The zero-order valence-electron chi connectivity index (χ0n) is 28.8. The number of benzene rings is 3. The highest BCUT2D eigenvalue weighted by Gasteiger charge is 2.45. The van der Waals surface area contributed by atoms with Crippen molar-refractivity contribution in [2.75, 3.05) is 0 Å². The first-order chi connectivity index (χ1) is 23.0. The van der Waals surface area contributed by atoms with Gasteiger partial charge in [0.25, 0.3) is 0 Å². The Labute approximate surface area is 282 Å². The number of hydrogen-bond acceptors (Lipinski definition) is 2. The predicted molar refractivity (Wildman–Crippen MR) is 196 cm³/mol. The monoisotopic (exact) mass is 628 g/mol. The van der Waals surface area contributed by atoms with Gasteiger partial charge in [-0.2, -0.15) is 5.26 Å². The fourth-order valence-corrected chi connectivity index (χ4v) is 7.90. The lowest BCUT2D eigenvalue weighted by Crippen LogP contribution is -2.25. The van der Waals surface area contributed by atoms with Crippen molar-refractivity contribution in [1.82, 2.24) is 4.57 Å². The molecule has 0 saturated heterocycles. The number of hydrogen-bond donors (Lipinski definition) is 1. The van der Waals surface area contributed by atoms with E-state index in [9.17, 15) is 15.2 Å². The van der Waals surface area contributed by atoms with E-state index in [4.69, 9.17) is 0 Å². The first-order valence-electron chi connectivity index (χ1n) is 18.2. The fourth-order valence-electron chi connectivity index (χ4n) is 7.90. The van der Waals surface area contributed by atoms with Crippen LogP contribution >= 0.6 is 0 Å². The summed E-state index contributed by atoms with van der Waals surface area (Å²) >= 11 is 0. The average Bonchev–Trinajstić information content (AvgIpc) is 3.56. The second kappa shape index (κ2) is 16.1. The van der Waals surface area contributed by atoms with Crippen molar-refractivity contribution < 1.29 is 9.90 Å². The van der Waals surface area contributed by atoms with E-state index in [0.29, 0.717) is 5.56 Å². The van der Waals surface area contributed by atoms with Gasteiger partial charge in [-0.15, -0.1) is 0 Å². The van der Waals surface area contributed by atoms with Gasteiger partial charge >= 0.3 is 5.97 Å². The van der Waals surface area contributed by atoms with Crippen LogP contribution in [0, 0.1) is 11.3 Å². The Morgan fingerprint density at radius 3 is 2.02 bits per heavy atom. The first-order valence-corrected chi connectivity index (χ1v) is 18.2. The molecule has 0 unspecified atom stereocenters. The molecule has 1 aliphatic carbocycles. The number of carboxylic acids is 1. The van der Waals surface area contributed by atoms with Gasteiger partial charge in [-0.25, -0.2) is 4.79 Å². The van der Waals surface area contributed by atoms with Crippen LogP contribution in [-0.2, 0) is 16.8 Å². The molecular formula is C43H52N2O2. The molecule has 246 valence electrons. The molecule has 4 heteroatoms. The largest absolute Gasteiger partial charge is 0.477 e. The SMILES string of the molecule is CCCCCCn1c2c(c3cc(-c4ccc(/C=C(/C#N)C(=O)O)cc4)ccc31)C(CCCCCC)(CCCCCC)c1ccccc1-2. The topological polar surface area (TPSA) is 66.0 Å². The number of carboxylic acid groups (broad SMARTS) is 1. The van der Waals surface area contributed by atoms with Crippen LogP contribution in [0.15, 0.2) is 72.3 Å². The minimum absolute atomic E-state index is 0.0120. The van der Waals surface area contributed by atoms with Gasteiger partial charge in [-0.1, -0.05) is 146 Å². The molecule has 0 saturated carbocycles. The Morgan fingerprint density at radius 1 is 0.787 bits per heavy atom. The number of aryl methyl sites for hydroxylation is 1. The second-order valence-corrected chi connectivity index (χ2v) is 13.5. The highest BCUT2D eigenvalue weighted by atomic mass is 16.4. The lowest BCUT2D eigenvalue weighted by atomic mass is 9.70. The molecule has 1 N–H and O–H groups in total. The molecule has 0 spiro atoms. The maximum atomic E-state index is 11.4. The van der Waals surface area contributed by atoms with Crippen molar-refractivity contribution >= 4 is 22.9 Å². The number of rotatable bonds is 18. The zero-order valence-corrected chi connectivity index (χ0v) is 28.8. The Morgan fingerprint density at radius 2 is 1.40 bits per heavy atom. The molecule has 1 heterocycles. The Balaban J connectivity index is 1.67. The van der Waals surface area contributed by atoms with E-state index in [1.165, 1.54) is 129 Å². The molecule has 1 aliphatic rings. The van der Waals surface area contributed by atoms with Crippen molar-refractivity contribution in [2.24, 2.45) is 0 Å². The van der Waals surface area contributed by atoms with Crippen LogP contribution < -0.4 is 0 Å². The molecule has 1 aromatic heterocycles. The van der Waals surface area contributed by atoms with Gasteiger partial charge in [0, 0.05) is 28.4 Å². The van der Waals surface area contributed by atoms with Gasteiger partial charge < -0.3 is 9.67 Å². The Hall–Kier alpha value is -4.10. The van der Waals surface area contributed by atoms with Crippen LogP contribution in [0.4, 0.5) is 0 Å². The molecule has 4 aromatic rings. The molecule has 3 aromatic carbocycles. The summed E-state index contributed by atoms with van der Waals surface area (Å²) in [6.07, 6.45) is 18.9. The lowest BCUT2D eigenvalue weighted by molar-refractivity contribution is -0.132. The average molecular weight is 629 g/mol. The van der Waals surface area contributed by atoms with Gasteiger partial charge in [-0.05, 0) is 65.3 Å². The number of nitrogens with zero attached hydrogens (tertiary/aromatic N) is 2. The zero-order chi connectivity index (χ0) is 33.2. The minimum atomic E-state index is -1.20. The summed E-state index contributed by atoms with van der Waals surface area (Å²) in [7, 11) is 0. The van der Waals surface area contributed by atoms with Gasteiger partial charge in [0.2, 0.25) is 0 Å². The smallest absolute Gasteiger partial charge is 0.346 e. The summed E-state index contributed by atoms with van der Waals surface area (Å²) in [4.78, 5) is 11.4. The highest BCUT2D eigenvalue weighted by molar-refractivity contribution is 6.00. The van der Waals surface area contributed by atoms with Crippen molar-refractivity contribution in [3.63, 3.8) is 0 Å². The number of aliphatic carboxylic acids is 1. The van der Waals surface area contributed by atoms with Gasteiger partial charge in [-0.3, -0.25) is 0 Å². The van der Waals surface area contributed by atoms with E-state index in [0.717, 1.165) is 12.1 Å². The number of nitriles is 1. The number of carbonyl (C=O) groups is 1. The van der Waals surface area contributed by atoms with Crippen molar-refractivity contribution in [3.8, 4) is 28.5 Å². The third kappa shape index (κ3) is 7.25. The minimum Gasteiger partial charge on any atom is -0.477 e. The van der Waals surface area contributed by atoms with E-state index in [-0.39, 0.29) is 11.0 Å². The summed E-state index contributed by atoms with van der Waals surface area (Å²) in [5, 5.41) is 19.9. The van der Waals surface area contributed by atoms with E-state index in [1.54, 1.807) is 11.6 Å². The van der Waals surface area contributed by atoms with E-state index < -0.39 is 5.97 Å². The maximum absolute atomic E-state index is 11.4. The van der Waals surface area contributed by atoms with Crippen molar-refractivity contribution in [2.45, 2.75) is 123 Å².